The highest BCUT2D eigenvalue weighted by Crippen LogP contribution is 2.48. The van der Waals surface area contributed by atoms with Crippen LogP contribution in [0.1, 0.15) is 28.4 Å². The van der Waals surface area contributed by atoms with E-state index < -0.39 is 0 Å². The van der Waals surface area contributed by atoms with Crippen LogP contribution < -0.4 is 0 Å². The normalized spacial score (nSPS) is 20.6. The first-order chi connectivity index (χ1) is 11.8. The van der Waals surface area contributed by atoms with Crippen molar-refractivity contribution in [2.75, 3.05) is 0 Å². The van der Waals surface area contributed by atoms with Gasteiger partial charge >= 0.3 is 0 Å². The summed E-state index contributed by atoms with van der Waals surface area (Å²) in [6.07, 6.45) is 5.16. The van der Waals surface area contributed by atoms with Gasteiger partial charge in [0.15, 0.2) is 5.17 Å². The molecule has 24 heavy (non-hydrogen) atoms. The van der Waals surface area contributed by atoms with Crippen molar-refractivity contribution < 1.29 is 8.83 Å². The summed E-state index contributed by atoms with van der Waals surface area (Å²) < 4.78 is 12.2. The highest BCUT2D eigenvalue weighted by molar-refractivity contribution is 9.10. The molecule has 1 aliphatic rings. The summed E-state index contributed by atoms with van der Waals surface area (Å²) in [7, 11) is 0. The van der Waals surface area contributed by atoms with Crippen LogP contribution >= 0.6 is 27.7 Å². The van der Waals surface area contributed by atoms with E-state index in [0.29, 0.717) is 0 Å². The topological polar surface area (TPSA) is 51.0 Å². The number of halogens is 1. The number of hydrogen-bond acceptors (Lipinski definition) is 5. The van der Waals surface area contributed by atoms with E-state index in [9.17, 15) is 0 Å². The van der Waals surface area contributed by atoms with Gasteiger partial charge in [-0.25, -0.2) is 9.98 Å². The Bertz CT molecular complexity index is 855. The highest BCUT2D eigenvalue weighted by Gasteiger charge is 2.36. The van der Waals surface area contributed by atoms with Gasteiger partial charge in [-0.05, 0) is 42.0 Å². The summed E-state index contributed by atoms with van der Waals surface area (Å²) in [6.45, 7) is 0. The second-order valence-corrected chi connectivity index (χ2v) is 7.26. The summed E-state index contributed by atoms with van der Waals surface area (Å²) in [5.41, 5.74) is 1.03. The summed E-state index contributed by atoms with van der Waals surface area (Å²) in [4.78, 5) is 9.25. The quantitative estimate of drug-likeness (QED) is 0.534. The van der Waals surface area contributed by atoms with Crippen LogP contribution in [0.4, 0.5) is 0 Å². The van der Waals surface area contributed by atoms with E-state index in [1.807, 2.05) is 54.7 Å². The molecule has 1 aliphatic heterocycles. The van der Waals surface area contributed by atoms with E-state index in [1.54, 1.807) is 24.3 Å². The highest BCUT2D eigenvalue weighted by atomic mass is 79.9. The number of benzene rings is 1. The maximum atomic E-state index is 5.58. The number of rotatable bonds is 3. The zero-order valence-corrected chi connectivity index (χ0v) is 14.9. The van der Waals surface area contributed by atoms with Gasteiger partial charge in [-0.2, -0.15) is 0 Å². The molecule has 0 aliphatic carbocycles. The third kappa shape index (κ3) is 3.25. The Labute approximate surface area is 151 Å². The van der Waals surface area contributed by atoms with Crippen LogP contribution in [0.2, 0.25) is 0 Å². The Hall–Kier alpha value is -2.05. The zero-order valence-electron chi connectivity index (χ0n) is 12.5. The molecular weight excluding hydrogens is 388 g/mol. The van der Waals surface area contributed by atoms with Crippen molar-refractivity contribution in [3.8, 4) is 0 Å². The molecule has 2 aromatic heterocycles. The average molecular weight is 401 g/mol. The van der Waals surface area contributed by atoms with Crippen LogP contribution in [0, 0.1) is 0 Å². The first-order valence-corrected chi connectivity index (χ1v) is 9.08. The number of nitrogens with zero attached hydrogens (tertiary/aromatic N) is 2. The minimum Gasteiger partial charge on any atom is -0.468 e. The maximum Gasteiger partial charge on any atom is 0.184 e. The molecule has 0 radical (unpaired) electrons. The minimum absolute atomic E-state index is 0.0308. The predicted molar refractivity (Wildman–Crippen MR) is 99.7 cm³/mol. The summed E-state index contributed by atoms with van der Waals surface area (Å²) in [5.74, 6) is 1.69. The van der Waals surface area contributed by atoms with Gasteiger partial charge in [0.05, 0.1) is 12.5 Å². The molecule has 3 heterocycles. The maximum absolute atomic E-state index is 5.58. The standard InChI is InChI=1S/C18H13BrN2O2S/c19-13-7-5-12(6-8-13)11-20-18-21-16(14-3-1-9-22-14)17(24-18)15-4-2-10-23-15/h1-11,16-17H/t16-,17-/m0/s1. The molecule has 4 nitrogen and oxygen atoms in total. The summed E-state index contributed by atoms with van der Waals surface area (Å²) in [5, 5.41) is 0.754. The van der Waals surface area contributed by atoms with Gasteiger partial charge in [-0.3, -0.25) is 0 Å². The third-order valence-electron chi connectivity index (χ3n) is 3.62. The van der Waals surface area contributed by atoms with Crippen molar-refractivity contribution in [3.05, 3.63) is 82.6 Å². The largest absolute Gasteiger partial charge is 0.468 e. The Morgan fingerprint density at radius 1 is 1.00 bits per heavy atom. The number of aliphatic imine (C=N–C) groups is 2. The summed E-state index contributed by atoms with van der Waals surface area (Å²) >= 11 is 5.02. The van der Waals surface area contributed by atoms with E-state index in [-0.39, 0.29) is 11.3 Å². The van der Waals surface area contributed by atoms with Gasteiger partial charge in [0.2, 0.25) is 0 Å². The molecule has 0 bridgehead atoms. The molecular formula is C18H13BrN2O2S. The predicted octanol–water partition coefficient (Wildman–Crippen LogP) is 5.64. The second kappa shape index (κ2) is 6.83. The van der Waals surface area contributed by atoms with Crippen molar-refractivity contribution in [3.63, 3.8) is 0 Å². The molecule has 0 N–H and O–H groups in total. The third-order valence-corrected chi connectivity index (χ3v) is 5.32. The lowest BCUT2D eigenvalue weighted by molar-refractivity contribution is 0.432. The van der Waals surface area contributed by atoms with E-state index in [2.05, 4.69) is 20.9 Å². The van der Waals surface area contributed by atoms with E-state index in [4.69, 9.17) is 13.8 Å². The van der Waals surface area contributed by atoms with Gasteiger partial charge in [-0.15, -0.1) is 0 Å². The molecule has 0 saturated carbocycles. The summed E-state index contributed by atoms with van der Waals surface area (Å²) in [6, 6.07) is 15.5. The molecule has 0 saturated heterocycles. The van der Waals surface area contributed by atoms with E-state index >= 15 is 0 Å². The Morgan fingerprint density at radius 3 is 2.38 bits per heavy atom. The van der Waals surface area contributed by atoms with Crippen LogP contribution in [0.15, 0.2) is 84.3 Å². The van der Waals surface area contributed by atoms with Gasteiger partial charge < -0.3 is 8.83 Å². The fourth-order valence-electron chi connectivity index (χ4n) is 2.48. The van der Waals surface area contributed by atoms with E-state index in [1.165, 1.54) is 0 Å². The number of hydrogen-bond donors (Lipinski definition) is 0. The van der Waals surface area contributed by atoms with Gasteiger partial charge in [0, 0.05) is 10.7 Å². The number of amidine groups is 1. The number of furan rings is 2. The molecule has 4 rings (SSSR count). The molecule has 120 valence electrons. The van der Waals surface area contributed by atoms with Crippen molar-refractivity contribution in [1.82, 2.24) is 0 Å². The van der Waals surface area contributed by atoms with Crippen LogP contribution in [-0.2, 0) is 0 Å². The van der Waals surface area contributed by atoms with Crippen LogP contribution in [0.3, 0.4) is 0 Å². The lowest BCUT2D eigenvalue weighted by atomic mass is 10.1. The molecule has 0 amide bonds. The first-order valence-electron chi connectivity index (χ1n) is 7.40. The van der Waals surface area contributed by atoms with Gasteiger partial charge in [0.25, 0.3) is 0 Å². The second-order valence-electron chi connectivity index (χ2n) is 5.24. The van der Waals surface area contributed by atoms with Crippen molar-refractivity contribution in [2.24, 2.45) is 9.98 Å². The molecule has 3 aromatic rings. The average Bonchev–Trinajstić information content (AvgIpc) is 3.33. The molecule has 1 aromatic carbocycles. The van der Waals surface area contributed by atoms with Crippen LogP contribution in [0.5, 0.6) is 0 Å². The monoisotopic (exact) mass is 400 g/mol. The first kappa shape index (κ1) is 15.5. The van der Waals surface area contributed by atoms with Crippen molar-refractivity contribution >= 4 is 39.1 Å². The molecule has 6 heteroatoms. The van der Waals surface area contributed by atoms with Gasteiger partial charge in [0.1, 0.15) is 22.8 Å². The van der Waals surface area contributed by atoms with Crippen molar-refractivity contribution in [2.45, 2.75) is 11.3 Å². The smallest absolute Gasteiger partial charge is 0.184 e. The minimum atomic E-state index is -0.131. The van der Waals surface area contributed by atoms with Crippen molar-refractivity contribution in [1.29, 1.82) is 0 Å². The fraction of sp³-hybridized carbons (Fsp3) is 0.111. The molecule has 2 atom stereocenters. The molecule has 0 fully saturated rings. The lowest BCUT2D eigenvalue weighted by Gasteiger charge is -2.11. The SMILES string of the molecule is Brc1ccc(C=NC2=N[C@@H](c3ccco3)[C@H](c3ccco3)S2)cc1. The Balaban J connectivity index is 1.59. The molecule has 0 spiro atoms. The Kier molecular flexibility index (Phi) is 4.40. The molecule has 0 unspecified atom stereocenters. The zero-order chi connectivity index (χ0) is 16.4. The number of thioether (sulfide) groups is 1. The van der Waals surface area contributed by atoms with Crippen LogP contribution in [-0.4, -0.2) is 11.4 Å². The van der Waals surface area contributed by atoms with Crippen LogP contribution in [0.25, 0.3) is 0 Å². The fourth-order valence-corrected chi connectivity index (χ4v) is 3.83. The Morgan fingerprint density at radius 2 is 1.71 bits per heavy atom. The van der Waals surface area contributed by atoms with Gasteiger partial charge in [-0.1, -0.05) is 39.8 Å². The van der Waals surface area contributed by atoms with E-state index in [0.717, 1.165) is 26.7 Å². The lowest BCUT2D eigenvalue weighted by Crippen LogP contribution is -1.99.